The molecule has 0 aliphatic rings. The van der Waals surface area contributed by atoms with Crippen molar-refractivity contribution in [2.75, 3.05) is 13.2 Å². The highest BCUT2D eigenvalue weighted by atomic mass is 35.5. The lowest BCUT2D eigenvalue weighted by Crippen LogP contribution is -2.30. The van der Waals surface area contributed by atoms with Gasteiger partial charge in [-0.25, -0.2) is 4.79 Å². The van der Waals surface area contributed by atoms with Gasteiger partial charge in [0.05, 0.1) is 19.3 Å². The van der Waals surface area contributed by atoms with Gasteiger partial charge >= 0.3 is 18.0 Å². The molecule has 150 valence electrons. The highest BCUT2D eigenvalue weighted by Gasteiger charge is 2.17. The van der Waals surface area contributed by atoms with E-state index in [0.717, 1.165) is 12.0 Å². The molecule has 0 bridgehead atoms. The smallest absolute Gasteiger partial charge is 0.407 e. The number of hydrogen-bond acceptors (Lipinski definition) is 5. The van der Waals surface area contributed by atoms with Gasteiger partial charge in [0.2, 0.25) is 0 Å². The molecule has 0 radical (unpaired) electrons. The molecule has 2 N–H and O–H groups in total. The van der Waals surface area contributed by atoms with Gasteiger partial charge in [0, 0.05) is 17.9 Å². The van der Waals surface area contributed by atoms with Crippen LogP contribution >= 0.6 is 11.6 Å². The zero-order chi connectivity index (χ0) is 20.1. The molecule has 0 saturated heterocycles. The Morgan fingerprint density at radius 2 is 1.70 bits per heavy atom. The fraction of sp³-hybridized carbons (Fsp3) is 0.526. The molecule has 0 heterocycles. The number of esters is 1. The maximum absolute atomic E-state index is 12.0. The van der Waals surface area contributed by atoms with Gasteiger partial charge in [-0.2, -0.15) is 0 Å². The molecule has 1 unspecified atom stereocenters. The van der Waals surface area contributed by atoms with Crippen LogP contribution in [0.15, 0.2) is 24.3 Å². The summed E-state index contributed by atoms with van der Waals surface area (Å²) in [5.74, 6) is -1.16. The zero-order valence-corrected chi connectivity index (χ0v) is 16.2. The summed E-state index contributed by atoms with van der Waals surface area (Å²) >= 11 is 5.86. The fourth-order valence-corrected chi connectivity index (χ4v) is 2.43. The molecule has 27 heavy (non-hydrogen) atoms. The maximum atomic E-state index is 12.0. The highest BCUT2D eigenvalue weighted by molar-refractivity contribution is 6.30. The van der Waals surface area contributed by atoms with Crippen LogP contribution in [-0.4, -0.2) is 36.4 Å². The van der Waals surface area contributed by atoms with E-state index in [0.29, 0.717) is 30.9 Å². The summed E-state index contributed by atoms with van der Waals surface area (Å²) in [5, 5.41) is 12.1. The van der Waals surface area contributed by atoms with E-state index in [4.69, 9.17) is 26.2 Å². The van der Waals surface area contributed by atoms with Crippen LogP contribution in [0.1, 0.15) is 57.1 Å². The summed E-state index contributed by atoms with van der Waals surface area (Å²) in [6.07, 6.45) is 1.84. The van der Waals surface area contributed by atoms with Crippen LogP contribution in [0.25, 0.3) is 0 Å². The first-order valence-corrected chi connectivity index (χ1v) is 9.36. The van der Waals surface area contributed by atoms with Crippen LogP contribution in [0.3, 0.4) is 0 Å². The number of carboxylic acids is 1. The van der Waals surface area contributed by atoms with Crippen molar-refractivity contribution < 1.29 is 29.0 Å². The monoisotopic (exact) mass is 399 g/mol. The van der Waals surface area contributed by atoms with Crippen LogP contribution in [0.5, 0.6) is 0 Å². The number of unbranched alkanes of at least 4 members (excludes halogenated alkanes) is 1. The Kier molecular flexibility index (Phi) is 10.9. The normalized spacial score (nSPS) is 11.5. The predicted molar refractivity (Wildman–Crippen MR) is 101 cm³/mol. The standard InChI is InChI=1S/C19H26ClNO6/c1-2-5-18(24)26-12-3-4-13-27-19(25)21-16(10-11-17(22)23)14-6-8-15(20)9-7-14/h6-9,16H,2-5,10-13H2,1H3,(H,21,25)(H,22,23). The van der Waals surface area contributed by atoms with E-state index in [1.54, 1.807) is 24.3 Å². The van der Waals surface area contributed by atoms with Crippen molar-refractivity contribution in [1.82, 2.24) is 5.32 Å². The summed E-state index contributed by atoms with van der Waals surface area (Å²) < 4.78 is 10.1. The number of carbonyl (C=O) groups excluding carboxylic acids is 2. The SMILES string of the molecule is CCCC(=O)OCCCCOC(=O)NC(CCC(=O)O)c1ccc(Cl)cc1. The molecule has 7 nitrogen and oxygen atoms in total. The Bertz CT molecular complexity index is 605. The molecular formula is C19H26ClNO6. The number of carboxylic acid groups (broad SMARTS) is 1. The molecule has 1 aromatic carbocycles. The Hall–Kier alpha value is -2.28. The minimum atomic E-state index is -0.943. The molecule has 1 rings (SSSR count). The van der Waals surface area contributed by atoms with Crippen molar-refractivity contribution in [2.24, 2.45) is 0 Å². The third-order valence-electron chi connectivity index (χ3n) is 3.70. The summed E-state index contributed by atoms with van der Waals surface area (Å²) in [5.41, 5.74) is 0.750. The van der Waals surface area contributed by atoms with Crippen molar-refractivity contribution in [3.8, 4) is 0 Å². The van der Waals surface area contributed by atoms with Gasteiger partial charge < -0.3 is 19.9 Å². The molecule has 0 aliphatic heterocycles. The van der Waals surface area contributed by atoms with Crippen LogP contribution < -0.4 is 5.32 Å². The quantitative estimate of drug-likeness (QED) is 0.405. The second-order valence-corrected chi connectivity index (χ2v) is 6.43. The van der Waals surface area contributed by atoms with Crippen molar-refractivity contribution in [3.05, 3.63) is 34.9 Å². The van der Waals surface area contributed by atoms with Gasteiger partial charge in [0.15, 0.2) is 0 Å². The van der Waals surface area contributed by atoms with Gasteiger partial charge in [-0.1, -0.05) is 30.7 Å². The van der Waals surface area contributed by atoms with Crippen LogP contribution in [0, 0.1) is 0 Å². The molecule has 1 aromatic rings. The lowest BCUT2D eigenvalue weighted by Gasteiger charge is -2.18. The summed E-state index contributed by atoms with van der Waals surface area (Å²) in [6.45, 7) is 2.39. The largest absolute Gasteiger partial charge is 0.481 e. The summed E-state index contributed by atoms with van der Waals surface area (Å²) in [6, 6.07) is 6.34. The number of hydrogen-bond donors (Lipinski definition) is 2. The van der Waals surface area contributed by atoms with E-state index >= 15 is 0 Å². The minimum absolute atomic E-state index is 0.0866. The second-order valence-electron chi connectivity index (χ2n) is 5.99. The average molecular weight is 400 g/mol. The number of halogens is 1. The van der Waals surface area contributed by atoms with Crippen LogP contribution in [0.4, 0.5) is 4.79 Å². The second kappa shape index (κ2) is 13.0. The van der Waals surface area contributed by atoms with E-state index in [1.165, 1.54) is 0 Å². The van der Waals surface area contributed by atoms with Gasteiger partial charge in [0.1, 0.15) is 0 Å². The number of aliphatic carboxylic acids is 1. The Balaban J connectivity index is 2.37. The number of ether oxygens (including phenoxy) is 2. The molecular weight excluding hydrogens is 374 g/mol. The van der Waals surface area contributed by atoms with Crippen molar-refractivity contribution in [3.63, 3.8) is 0 Å². The topological polar surface area (TPSA) is 102 Å². The Morgan fingerprint density at radius 1 is 1.07 bits per heavy atom. The maximum Gasteiger partial charge on any atom is 0.407 e. The molecule has 0 aromatic heterocycles. The van der Waals surface area contributed by atoms with E-state index in [-0.39, 0.29) is 25.4 Å². The van der Waals surface area contributed by atoms with Gasteiger partial charge in [-0.15, -0.1) is 0 Å². The first-order valence-electron chi connectivity index (χ1n) is 8.98. The molecule has 0 saturated carbocycles. The highest BCUT2D eigenvalue weighted by Crippen LogP contribution is 2.21. The average Bonchev–Trinajstić information content (AvgIpc) is 2.62. The minimum Gasteiger partial charge on any atom is -0.481 e. The number of nitrogens with one attached hydrogen (secondary N) is 1. The molecule has 0 spiro atoms. The summed E-state index contributed by atoms with van der Waals surface area (Å²) in [7, 11) is 0. The van der Waals surface area contributed by atoms with Gasteiger partial charge in [-0.3, -0.25) is 9.59 Å². The lowest BCUT2D eigenvalue weighted by atomic mass is 10.0. The lowest BCUT2D eigenvalue weighted by molar-refractivity contribution is -0.144. The number of benzene rings is 1. The third kappa shape index (κ3) is 10.5. The van der Waals surface area contributed by atoms with Crippen LogP contribution in [-0.2, 0) is 19.1 Å². The predicted octanol–water partition coefficient (Wildman–Crippen LogP) is 4.10. The molecule has 8 heteroatoms. The molecule has 1 amide bonds. The van der Waals surface area contributed by atoms with Gasteiger partial charge in [0.25, 0.3) is 0 Å². The van der Waals surface area contributed by atoms with Gasteiger partial charge in [-0.05, 0) is 43.4 Å². The zero-order valence-electron chi connectivity index (χ0n) is 15.4. The van der Waals surface area contributed by atoms with Crippen LogP contribution in [0.2, 0.25) is 5.02 Å². The molecule has 0 aliphatic carbocycles. The van der Waals surface area contributed by atoms with E-state index in [2.05, 4.69) is 5.32 Å². The van der Waals surface area contributed by atoms with Crippen molar-refractivity contribution >= 4 is 29.6 Å². The number of carbonyl (C=O) groups is 3. The molecule has 1 atom stereocenters. The Labute approximate surface area is 164 Å². The van der Waals surface area contributed by atoms with E-state index in [1.807, 2.05) is 6.92 Å². The first kappa shape index (κ1) is 22.8. The molecule has 0 fully saturated rings. The third-order valence-corrected chi connectivity index (χ3v) is 3.95. The summed E-state index contributed by atoms with van der Waals surface area (Å²) in [4.78, 5) is 34.0. The van der Waals surface area contributed by atoms with Crippen molar-refractivity contribution in [1.29, 1.82) is 0 Å². The van der Waals surface area contributed by atoms with Crippen molar-refractivity contribution in [2.45, 2.75) is 51.5 Å². The Morgan fingerprint density at radius 3 is 2.30 bits per heavy atom. The van der Waals surface area contributed by atoms with E-state index in [9.17, 15) is 14.4 Å². The fourth-order valence-electron chi connectivity index (χ4n) is 2.30. The number of alkyl carbamates (subject to hydrolysis) is 1. The number of rotatable bonds is 12. The number of amides is 1. The van der Waals surface area contributed by atoms with E-state index < -0.39 is 18.1 Å². The first-order chi connectivity index (χ1) is 12.9.